The van der Waals surface area contributed by atoms with Crippen LogP contribution in [0.2, 0.25) is 0 Å². The monoisotopic (exact) mass is 284 g/mol. The summed E-state index contributed by atoms with van der Waals surface area (Å²) in [6, 6.07) is 4.21. The first-order chi connectivity index (χ1) is 7.83. The van der Waals surface area contributed by atoms with E-state index in [1.54, 1.807) is 0 Å². The number of unbranched alkanes of at least 4 members (excludes halogenated alkanes) is 8. The van der Waals surface area contributed by atoms with E-state index in [-0.39, 0.29) is 19.5 Å². The molecule has 2 nitrogen and oxygen atoms in total. The fourth-order valence-electron chi connectivity index (χ4n) is 1.12. The largest absolute Gasteiger partial charge is 2.00 e. The molecule has 3 heteroatoms. The third kappa shape index (κ3) is 31.3. The number of hydrogen-bond donors (Lipinski definition) is 0. The Balaban J connectivity index is -0.000000218. The SMILES string of the molecule is [CH2-]CCCCCC#N.[CH2-]CCCCCC#N.[Zn+2]. The van der Waals surface area contributed by atoms with Gasteiger partial charge in [-0.05, 0) is 12.8 Å². The third-order valence-corrected chi connectivity index (χ3v) is 2.08. The van der Waals surface area contributed by atoms with Crippen molar-refractivity contribution in [2.24, 2.45) is 0 Å². The summed E-state index contributed by atoms with van der Waals surface area (Å²) in [7, 11) is 0. The van der Waals surface area contributed by atoms with Crippen LogP contribution in [0.1, 0.15) is 64.2 Å². The zero-order valence-electron chi connectivity index (χ0n) is 11.1. The molecule has 0 amide bonds. The molecule has 17 heavy (non-hydrogen) atoms. The molecule has 0 saturated carbocycles. The van der Waals surface area contributed by atoms with Gasteiger partial charge in [0.15, 0.2) is 0 Å². The first-order valence-electron chi connectivity index (χ1n) is 6.15. The van der Waals surface area contributed by atoms with Gasteiger partial charge in [-0.1, -0.05) is 25.7 Å². The van der Waals surface area contributed by atoms with Gasteiger partial charge in [0.1, 0.15) is 0 Å². The van der Waals surface area contributed by atoms with Crippen LogP contribution in [0.3, 0.4) is 0 Å². The smallest absolute Gasteiger partial charge is 0.343 e. The number of nitriles is 2. The Labute approximate surface area is 120 Å². The quantitative estimate of drug-likeness (QED) is 0.372. The molecule has 0 bridgehead atoms. The van der Waals surface area contributed by atoms with E-state index in [0.29, 0.717) is 12.8 Å². The van der Waals surface area contributed by atoms with Crippen LogP contribution < -0.4 is 0 Å². The molecule has 0 spiro atoms. The van der Waals surface area contributed by atoms with Crippen molar-refractivity contribution in [2.45, 2.75) is 64.2 Å². The van der Waals surface area contributed by atoms with E-state index in [1.807, 2.05) is 0 Å². The minimum absolute atomic E-state index is 0. The molecule has 0 N–H and O–H groups in total. The van der Waals surface area contributed by atoms with Gasteiger partial charge in [0.2, 0.25) is 0 Å². The second kappa shape index (κ2) is 24.7. The Morgan fingerprint density at radius 3 is 1.24 bits per heavy atom. The van der Waals surface area contributed by atoms with Gasteiger partial charge in [-0.2, -0.15) is 23.4 Å². The molecular weight excluding hydrogens is 262 g/mol. The van der Waals surface area contributed by atoms with Crippen LogP contribution in [-0.4, -0.2) is 0 Å². The van der Waals surface area contributed by atoms with E-state index in [1.165, 1.54) is 12.8 Å². The number of hydrogen-bond acceptors (Lipinski definition) is 2. The molecule has 0 radical (unpaired) electrons. The van der Waals surface area contributed by atoms with E-state index in [2.05, 4.69) is 26.0 Å². The fourth-order valence-corrected chi connectivity index (χ4v) is 1.12. The van der Waals surface area contributed by atoms with Crippen LogP contribution in [0.15, 0.2) is 0 Å². The van der Waals surface area contributed by atoms with Gasteiger partial charge in [0, 0.05) is 12.8 Å². The van der Waals surface area contributed by atoms with E-state index in [4.69, 9.17) is 10.5 Å². The summed E-state index contributed by atoms with van der Waals surface area (Å²) in [5.41, 5.74) is 0. The van der Waals surface area contributed by atoms with E-state index in [9.17, 15) is 0 Å². The minimum Gasteiger partial charge on any atom is -0.343 e. The summed E-state index contributed by atoms with van der Waals surface area (Å²) in [6.45, 7) is 7.40. The van der Waals surface area contributed by atoms with Gasteiger partial charge in [-0.25, -0.2) is 0 Å². The molecule has 92 valence electrons. The zero-order chi connectivity index (χ0) is 12.5. The van der Waals surface area contributed by atoms with E-state index in [0.717, 1.165) is 38.5 Å². The minimum atomic E-state index is 0. The summed E-state index contributed by atoms with van der Waals surface area (Å²) >= 11 is 0. The van der Waals surface area contributed by atoms with Crippen molar-refractivity contribution in [3.63, 3.8) is 0 Å². The maximum Gasteiger partial charge on any atom is 2.00 e. The van der Waals surface area contributed by atoms with E-state index >= 15 is 0 Å². The van der Waals surface area contributed by atoms with Crippen LogP contribution in [-0.2, 0) is 19.5 Å². The molecule has 0 aromatic carbocycles. The third-order valence-electron chi connectivity index (χ3n) is 2.08. The van der Waals surface area contributed by atoms with Crippen molar-refractivity contribution < 1.29 is 19.5 Å². The summed E-state index contributed by atoms with van der Waals surface area (Å²) in [5.74, 6) is 0. The van der Waals surface area contributed by atoms with Crippen LogP contribution in [0.4, 0.5) is 0 Å². The Hall–Kier alpha value is -0.397. The molecule has 0 aliphatic rings. The summed E-state index contributed by atoms with van der Waals surface area (Å²) in [4.78, 5) is 0. The Morgan fingerprint density at radius 1 is 0.647 bits per heavy atom. The van der Waals surface area contributed by atoms with Crippen molar-refractivity contribution in [2.75, 3.05) is 0 Å². The van der Waals surface area contributed by atoms with Gasteiger partial charge in [0.05, 0.1) is 12.1 Å². The predicted molar refractivity (Wildman–Crippen MR) is 68.1 cm³/mol. The maximum atomic E-state index is 8.10. The maximum absolute atomic E-state index is 8.10. The normalized spacial score (nSPS) is 8.00. The summed E-state index contributed by atoms with van der Waals surface area (Å²) in [6.07, 6.45) is 10.2. The van der Waals surface area contributed by atoms with Gasteiger partial charge in [0.25, 0.3) is 0 Å². The summed E-state index contributed by atoms with van der Waals surface area (Å²) < 4.78 is 0. The molecule has 0 saturated heterocycles. The van der Waals surface area contributed by atoms with Crippen molar-refractivity contribution in [3.05, 3.63) is 13.8 Å². The molecule has 0 fully saturated rings. The predicted octanol–water partition coefficient (Wildman–Crippen LogP) is 4.59. The van der Waals surface area contributed by atoms with Crippen LogP contribution in [0.25, 0.3) is 0 Å². The van der Waals surface area contributed by atoms with Crippen molar-refractivity contribution >= 4 is 0 Å². The van der Waals surface area contributed by atoms with Gasteiger partial charge in [-0.15, -0.1) is 0 Å². The number of nitrogens with zero attached hydrogens (tertiary/aromatic N) is 2. The van der Waals surface area contributed by atoms with Crippen LogP contribution >= 0.6 is 0 Å². The van der Waals surface area contributed by atoms with E-state index < -0.39 is 0 Å². The standard InChI is InChI=1S/2C7H12N.Zn/c2*1-2-3-4-5-6-7-8;/h2*1-6H2;/q2*-1;+2. The second-order valence-electron chi connectivity index (χ2n) is 3.64. The fraction of sp³-hybridized carbons (Fsp3) is 0.714. The van der Waals surface area contributed by atoms with Gasteiger partial charge < -0.3 is 13.8 Å². The van der Waals surface area contributed by atoms with Crippen LogP contribution in [0.5, 0.6) is 0 Å². The Kier molecular flexibility index (Phi) is 31.8. The van der Waals surface area contributed by atoms with Crippen molar-refractivity contribution in [1.82, 2.24) is 0 Å². The molecule has 0 rings (SSSR count). The first kappa shape index (κ1) is 21.8. The molecule has 0 atom stereocenters. The molecule has 0 heterocycles. The summed E-state index contributed by atoms with van der Waals surface area (Å²) in [5, 5.41) is 16.2. The van der Waals surface area contributed by atoms with Crippen LogP contribution in [0, 0.1) is 36.5 Å². The first-order valence-corrected chi connectivity index (χ1v) is 6.15. The molecule has 0 aliphatic heterocycles. The zero-order valence-corrected chi connectivity index (χ0v) is 14.1. The Morgan fingerprint density at radius 2 is 1.00 bits per heavy atom. The molecule has 0 aliphatic carbocycles. The van der Waals surface area contributed by atoms with Crippen molar-refractivity contribution in [3.8, 4) is 12.1 Å². The Bertz CT molecular complexity index is 169. The molecule has 0 aromatic rings. The van der Waals surface area contributed by atoms with Gasteiger partial charge >= 0.3 is 19.5 Å². The second-order valence-corrected chi connectivity index (χ2v) is 3.64. The average molecular weight is 286 g/mol. The van der Waals surface area contributed by atoms with Gasteiger partial charge in [-0.3, -0.25) is 0 Å². The molecule has 0 unspecified atom stereocenters. The molecular formula is C14H24N2Zn. The average Bonchev–Trinajstić information content (AvgIpc) is 2.31. The molecule has 0 aromatic heterocycles. The topological polar surface area (TPSA) is 47.6 Å². The van der Waals surface area contributed by atoms with Crippen molar-refractivity contribution in [1.29, 1.82) is 10.5 Å². The number of rotatable bonds is 8.